The van der Waals surface area contributed by atoms with E-state index in [-0.39, 0.29) is 17.2 Å². The van der Waals surface area contributed by atoms with E-state index in [0.29, 0.717) is 18.8 Å². The number of carbonyl (C=O) groups is 2. The predicted molar refractivity (Wildman–Crippen MR) is 84.7 cm³/mol. The van der Waals surface area contributed by atoms with Gasteiger partial charge in [0, 0.05) is 18.5 Å². The van der Waals surface area contributed by atoms with Crippen LogP contribution in [-0.2, 0) is 4.79 Å². The molecule has 4 aliphatic carbocycles. The van der Waals surface area contributed by atoms with Crippen LogP contribution in [0.4, 0.5) is 0 Å². The van der Waals surface area contributed by atoms with Gasteiger partial charge in [-0.2, -0.15) is 0 Å². The van der Waals surface area contributed by atoms with E-state index >= 15 is 0 Å². The molecule has 5 heteroatoms. The van der Waals surface area contributed by atoms with E-state index in [4.69, 9.17) is 4.42 Å². The molecule has 0 atom stereocenters. The molecule has 23 heavy (non-hydrogen) atoms. The third-order valence-electron chi connectivity index (χ3n) is 5.96. The summed E-state index contributed by atoms with van der Waals surface area (Å²) in [5.41, 5.74) is -0.111. The minimum absolute atomic E-state index is 0.111. The van der Waals surface area contributed by atoms with Gasteiger partial charge in [-0.1, -0.05) is 0 Å². The summed E-state index contributed by atoms with van der Waals surface area (Å²) in [6, 6.07) is 3.31. The third kappa shape index (κ3) is 2.77. The fourth-order valence-corrected chi connectivity index (χ4v) is 5.42. The molecule has 0 spiro atoms. The Balaban J connectivity index is 1.27. The Hall–Kier alpha value is -1.78. The van der Waals surface area contributed by atoms with Crippen molar-refractivity contribution >= 4 is 11.8 Å². The largest absolute Gasteiger partial charge is 0.459 e. The van der Waals surface area contributed by atoms with E-state index in [9.17, 15) is 9.59 Å². The molecule has 4 aliphatic rings. The second-order valence-corrected chi connectivity index (χ2v) is 7.69. The third-order valence-corrected chi connectivity index (χ3v) is 5.96. The monoisotopic (exact) mass is 316 g/mol. The Morgan fingerprint density at radius 2 is 1.65 bits per heavy atom. The number of amides is 2. The van der Waals surface area contributed by atoms with Gasteiger partial charge < -0.3 is 15.1 Å². The van der Waals surface area contributed by atoms with Gasteiger partial charge in [0.15, 0.2) is 5.76 Å². The fraction of sp³-hybridized carbons (Fsp3) is 0.667. The van der Waals surface area contributed by atoms with E-state index in [0.717, 1.165) is 37.0 Å². The highest BCUT2D eigenvalue weighted by Gasteiger charge is 2.54. The van der Waals surface area contributed by atoms with Crippen molar-refractivity contribution in [3.05, 3.63) is 24.2 Å². The Morgan fingerprint density at radius 1 is 1.04 bits per heavy atom. The SMILES string of the molecule is O=C(NCCNC(=O)C12CC3CC(CC(C3)C1)C2)c1ccco1. The van der Waals surface area contributed by atoms with Gasteiger partial charge in [-0.25, -0.2) is 0 Å². The molecule has 5 nitrogen and oxygen atoms in total. The predicted octanol–water partition coefficient (Wildman–Crippen LogP) is 2.34. The van der Waals surface area contributed by atoms with Gasteiger partial charge in [-0.3, -0.25) is 9.59 Å². The molecule has 2 amide bonds. The molecule has 2 N–H and O–H groups in total. The Kier molecular flexibility index (Phi) is 3.66. The van der Waals surface area contributed by atoms with Crippen LogP contribution < -0.4 is 10.6 Å². The van der Waals surface area contributed by atoms with Crippen molar-refractivity contribution < 1.29 is 14.0 Å². The molecular weight excluding hydrogens is 292 g/mol. The molecular formula is C18H24N2O3. The second-order valence-electron chi connectivity index (χ2n) is 7.69. The molecule has 4 fully saturated rings. The van der Waals surface area contributed by atoms with E-state index in [1.54, 1.807) is 12.1 Å². The van der Waals surface area contributed by atoms with Crippen molar-refractivity contribution in [2.75, 3.05) is 13.1 Å². The molecule has 4 bridgehead atoms. The molecule has 1 aromatic heterocycles. The highest BCUT2D eigenvalue weighted by atomic mass is 16.3. The van der Waals surface area contributed by atoms with E-state index in [2.05, 4.69) is 10.6 Å². The summed E-state index contributed by atoms with van der Waals surface area (Å²) in [5.74, 6) is 2.59. The Bertz CT molecular complexity index is 558. The maximum Gasteiger partial charge on any atom is 0.287 e. The maximum atomic E-state index is 12.7. The van der Waals surface area contributed by atoms with E-state index in [1.165, 1.54) is 25.5 Å². The number of hydrogen-bond acceptors (Lipinski definition) is 3. The molecule has 0 radical (unpaired) electrons. The zero-order valence-corrected chi connectivity index (χ0v) is 13.3. The van der Waals surface area contributed by atoms with Gasteiger partial charge in [0.25, 0.3) is 5.91 Å². The first-order chi connectivity index (χ1) is 11.1. The fourth-order valence-electron chi connectivity index (χ4n) is 5.42. The van der Waals surface area contributed by atoms with E-state index in [1.807, 2.05) is 0 Å². The van der Waals surface area contributed by atoms with Crippen molar-refractivity contribution in [2.45, 2.75) is 38.5 Å². The average molecular weight is 316 g/mol. The molecule has 4 saturated carbocycles. The standard InChI is InChI=1S/C18H24N2O3/c21-16(15-2-1-5-23-15)19-3-4-20-17(22)18-9-12-6-13(10-18)8-14(7-12)11-18/h1-2,5,12-14H,3-4,6-11H2,(H,19,21)(H,20,22). The van der Waals surface area contributed by atoms with Crippen molar-refractivity contribution in [1.82, 2.24) is 10.6 Å². The second kappa shape index (κ2) is 5.69. The first-order valence-corrected chi connectivity index (χ1v) is 8.75. The first-order valence-electron chi connectivity index (χ1n) is 8.75. The van der Waals surface area contributed by atoms with Crippen molar-refractivity contribution in [3.8, 4) is 0 Å². The van der Waals surface area contributed by atoms with Gasteiger partial charge in [-0.05, 0) is 68.4 Å². The minimum atomic E-state index is -0.237. The van der Waals surface area contributed by atoms with Crippen LogP contribution in [0.3, 0.4) is 0 Å². The lowest BCUT2D eigenvalue weighted by Crippen LogP contribution is -2.54. The lowest BCUT2D eigenvalue weighted by Gasteiger charge is -2.55. The van der Waals surface area contributed by atoms with Crippen LogP contribution in [0.1, 0.15) is 49.1 Å². The van der Waals surface area contributed by atoms with Gasteiger partial charge >= 0.3 is 0 Å². The molecule has 0 saturated heterocycles. The molecule has 5 rings (SSSR count). The van der Waals surface area contributed by atoms with Crippen LogP contribution in [0.15, 0.2) is 22.8 Å². The highest BCUT2D eigenvalue weighted by molar-refractivity contribution is 5.91. The van der Waals surface area contributed by atoms with Gasteiger partial charge in [0.1, 0.15) is 0 Å². The number of furan rings is 1. The zero-order chi connectivity index (χ0) is 15.9. The van der Waals surface area contributed by atoms with Crippen LogP contribution in [0.5, 0.6) is 0 Å². The molecule has 0 unspecified atom stereocenters. The molecule has 1 aromatic rings. The van der Waals surface area contributed by atoms with Crippen molar-refractivity contribution in [2.24, 2.45) is 23.2 Å². The minimum Gasteiger partial charge on any atom is -0.459 e. The lowest BCUT2D eigenvalue weighted by atomic mass is 9.49. The number of rotatable bonds is 5. The summed E-state index contributed by atoms with van der Waals surface area (Å²) in [6.45, 7) is 0.907. The van der Waals surface area contributed by atoms with E-state index < -0.39 is 0 Å². The first kappa shape index (κ1) is 14.8. The normalized spacial score (nSPS) is 34.3. The summed E-state index contributed by atoms with van der Waals surface area (Å²) in [7, 11) is 0. The van der Waals surface area contributed by atoms with Gasteiger partial charge in [0.2, 0.25) is 5.91 Å². The Morgan fingerprint density at radius 3 is 2.22 bits per heavy atom. The summed E-state index contributed by atoms with van der Waals surface area (Å²) in [5, 5.41) is 5.82. The topological polar surface area (TPSA) is 71.3 Å². The number of hydrogen-bond donors (Lipinski definition) is 2. The summed E-state index contributed by atoms with van der Waals surface area (Å²) >= 11 is 0. The molecule has 1 heterocycles. The quantitative estimate of drug-likeness (QED) is 0.819. The van der Waals surface area contributed by atoms with Crippen molar-refractivity contribution in [3.63, 3.8) is 0 Å². The smallest absolute Gasteiger partial charge is 0.287 e. The number of carbonyl (C=O) groups excluding carboxylic acids is 2. The molecule has 124 valence electrons. The Labute approximate surface area is 136 Å². The lowest BCUT2D eigenvalue weighted by molar-refractivity contribution is -0.146. The van der Waals surface area contributed by atoms with Crippen molar-refractivity contribution in [1.29, 1.82) is 0 Å². The zero-order valence-electron chi connectivity index (χ0n) is 13.3. The summed E-state index contributed by atoms with van der Waals surface area (Å²) < 4.78 is 5.04. The van der Waals surface area contributed by atoms with Crippen LogP contribution in [0.2, 0.25) is 0 Å². The number of nitrogens with one attached hydrogen (secondary N) is 2. The summed E-state index contributed by atoms with van der Waals surface area (Å²) in [6.07, 6.45) is 8.71. The van der Waals surface area contributed by atoms with Crippen LogP contribution >= 0.6 is 0 Å². The molecule has 0 aromatic carbocycles. The van der Waals surface area contributed by atoms with Gasteiger partial charge in [0.05, 0.1) is 6.26 Å². The summed E-state index contributed by atoms with van der Waals surface area (Å²) in [4.78, 5) is 24.5. The molecule has 0 aliphatic heterocycles. The van der Waals surface area contributed by atoms with Crippen LogP contribution in [0.25, 0.3) is 0 Å². The average Bonchev–Trinajstić information content (AvgIpc) is 3.04. The van der Waals surface area contributed by atoms with Crippen LogP contribution in [0, 0.1) is 23.2 Å². The van der Waals surface area contributed by atoms with Gasteiger partial charge in [-0.15, -0.1) is 0 Å². The van der Waals surface area contributed by atoms with Crippen LogP contribution in [-0.4, -0.2) is 24.9 Å². The maximum absolute atomic E-state index is 12.7. The highest BCUT2D eigenvalue weighted by Crippen LogP contribution is 2.60.